The lowest BCUT2D eigenvalue weighted by Crippen LogP contribution is -2.00. The molecule has 7 rings (SSSR count). The molecule has 0 spiro atoms. The van der Waals surface area contributed by atoms with Gasteiger partial charge in [0.25, 0.3) is 5.69 Å². The largest absolute Gasteiger partial charge is 0.465 e. The zero-order valence-corrected chi connectivity index (χ0v) is 26.6. The van der Waals surface area contributed by atoms with Gasteiger partial charge in [-0.2, -0.15) is 0 Å². The highest BCUT2D eigenvalue weighted by molar-refractivity contribution is 9.11. The number of carbonyl (C=O) groups excluding carboxylic acids is 1. The fraction of sp³-hybridized carbons (Fsp3) is 0.0294. The number of aromatic amines is 2. The molecule has 0 unspecified atom stereocenters. The Hall–Kier alpha value is -5.13. The van der Waals surface area contributed by atoms with E-state index in [0.29, 0.717) is 17.0 Å². The van der Waals surface area contributed by atoms with Crippen LogP contribution in [0.5, 0.6) is 0 Å². The average Bonchev–Trinajstić information content (AvgIpc) is 3.89. The van der Waals surface area contributed by atoms with Crippen molar-refractivity contribution in [1.82, 2.24) is 19.9 Å². The Morgan fingerprint density at radius 3 is 1.53 bits per heavy atom. The molecule has 220 valence electrons. The minimum atomic E-state index is -0.413. The van der Waals surface area contributed by atoms with Crippen LogP contribution in [-0.4, -0.2) is 37.9 Å². The van der Waals surface area contributed by atoms with Gasteiger partial charge in [0.1, 0.15) is 0 Å². The van der Waals surface area contributed by atoms with E-state index >= 15 is 0 Å². The number of nitro groups is 1. The fourth-order valence-corrected chi connectivity index (χ4v) is 6.29. The molecule has 9 nitrogen and oxygen atoms in total. The summed E-state index contributed by atoms with van der Waals surface area (Å²) in [7, 11) is 1.36. The molecule has 0 radical (unpaired) electrons. The van der Waals surface area contributed by atoms with E-state index in [0.717, 1.165) is 64.7 Å². The van der Waals surface area contributed by atoms with Gasteiger partial charge in [0, 0.05) is 34.3 Å². The first-order valence-corrected chi connectivity index (χ1v) is 15.3. The van der Waals surface area contributed by atoms with Crippen molar-refractivity contribution in [3.63, 3.8) is 0 Å². The van der Waals surface area contributed by atoms with Crippen LogP contribution in [0.1, 0.15) is 33.1 Å². The molecule has 2 N–H and O–H groups in total. The monoisotopic (exact) mass is 721 g/mol. The summed E-state index contributed by atoms with van der Waals surface area (Å²) < 4.78 is 6.40. The van der Waals surface area contributed by atoms with Crippen LogP contribution in [0.25, 0.3) is 68.6 Å². The molecule has 11 heteroatoms. The van der Waals surface area contributed by atoms with Crippen molar-refractivity contribution in [2.45, 2.75) is 0 Å². The molecule has 5 heterocycles. The number of methoxy groups -OCH3 is 1. The van der Waals surface area contributed by atoms with E-state index in [9.17, 15) is 14.9 Å². The topological polar surface area (TPSA) is 127 Å². The molecule has 0 aliphatic carbocycles. The number of esters is 1. The van der Waals surface area contributed by atoms with Crippen LogP contribution in [0.3, 0.4) is 0 Å². The van der Waals surface area contributed by atoms with Gasteiger partial charge in [0.15, 0.2) is 0 Å². The quantitative estimate of drug-likeness (QED) is 0.106. The third-order valence-electron chi connectivity index (χ3n) is 7.59. The Morgan fingerprint density at radius 1 is 0.667 bits per heavy atom. The number of nitrogens with zero attached hydrogens (tertiary/aromatic N) is 3. The number of nitrogens with one attached hydrogen (secondary N) is 2. The van der Waals surface area contributed by atoms with Crippen LogP contribution < -0.4 is 0 Å². The second-order valence-corrected chi connectivity index (χ2v) is 11.8. The Bertz CT molecular complexity index is 2270. The number of benzene rings is 2. The summed E-state index contributed by atoms with van der Waals surface area (Å²) in [4.78, 5) is 40.0. The average molecular weight is 723 g/mol. The number of H-pyrrole nitrogens is 2. The first kappa shape index (κ1) is 28.6. The molecule has 45 heavy (non-hydrogen) atoms. The molecule has 2 aliphatic heterocycles. The van der Waals surface area contributed by atoms with Gasteiger partial charge in [-0.3, -0.25) is 10.1 Å². The van der Waals surface area contributed by atoms with Gasteiger partial charge in [-0.15, -0.1) is 0 Å². The molecule has 0 saturated heterocycles. The molecule has 2 aliphatic rings. The predicted molar refractivity (Wildman–Crippen MR) is 183 cm³/mol. The summed E-state index contributed by atoms with van der Waals surface area (Å²) in [6, 6.07) is 21.5. The highest BCUT2D eigenvalue weighted by Gasteiger charge is 2.17. The minimum absolute atomic E-state index is 0.0132. The standard InChI is InChI=1S/C34H21Br2N5O4/c1-45-34(42)20-4-2-18(3-5-20)30-22-10-14-26(37-22)32(35)28-16-12-24(39-28)31(19-6-8-21(9-7-19)41(43)44)25-13-17-29(40-25)33(36)27-15-11-23(30)38-27/h2-17,37,40H,1H3. The van der Waals surface area contributed by atoms with Crippen LogP contribution in [0.2, 0.25) is 0 Å². The lowest BCUT2D eigenvalue weighted by molar-refractivity contribution is -0.384. The number of aromatic nitrogens is 4. The van der Waals surface area contributed by atoms with Crippen molar-refractivity contribution in [3.05, 3.63) is 120 Å². The number of fused-ring (bicyclic) bond motifs is 8. The normalized spacial score (nSPS) is 12.0. The van der Waals surface area contributed by atoms with Crippen LogP contribution in [-0.2, 0) is 4.74 Å². The van der Waals surface area contributed by atoms with Crippen molar-refractivity contribution in [3.8, 4) is 22.3 Å². The SMILES string of the molecule is COC(=O)c1ccc(-c2c3nc(c(Br)c4ccc([nH]4)c(-c4ccc([N+](=O)[O-])cc4)c4nc(c(Br)c5ccc2[nH]5)C=C4)C=C3)cc1. The van der Waals surface area contributed by atoms with Gasteiger partial charge in [0.05, 0.1) is 60.4 Å². The highest BCUT2D eigenvalue weighted by atomic mass is 79.9. The maximum absolute atomic E-state index is 12.1. The summed E-state index contributed by atoms with van der Waals surface area (Å²) >= 11 is 7.52. The molecular weight excluding hydrogens is 702 g/mol. The lowest BCUT2D eigenvalue weighted by Gasteiger charge is -2.06. The van der Waals surface area contributed by atoms with Crippen LogP contribution in [0, 0.1) is 10.1 Å². The van der Waals surface area contributed by atoms with E-state index < -0.39 is 10.9 Å². The molecule has 0 saturated carbocycles. The fourth-order valence-electron chi connectivity index (χ4n) is 5.38. The van der Waals surface area contributed by atoms with Crippen LogP contribution in [0.4, 0.5) is 5.69 Å². The molecule has 5 aromatic rings. The third-order valence-corrected chi connectivity index (χ3v) is 9.25. The number of carbonyl (C=O) groups is 1. The molecule has 0 fully saturated rings. The Labute approximate surface area is 272 Å². The van der Waals surface area contributed by atoms with E-state index in [1.807, 2.05) is 60.7 Å². The molecule has 0 amide bonds. The maximum Gasteiger partial charge on any atom is 0.337 e. The van der Waals surface area contributed by atoms with E-state index in [2.05, 4.69) is 41.8 Å². The van der Waals surface area contributed by atoms with Crippen molar-refractivity contribution >= 4 is 89.9 Å². The van der Waals surface area contributed by atoms with Crippen molar-refractivity contribution in [1.29, 1.82) is 0 Å². The van der Waals surface area contributed by atoms with Gasteiger partial charge < -0.3 is 14.7 Å². The van der Waals surface area contributed by atoms with E-state index in [-0.39, 0.29) is 5.69 Å². The van der Waals surface area contributed by atoms with Crippen LogP contribution >= 0.6 is 31.9 Å². The lowest BCUT2D eigenvalue weighted by atomic mass is 10.0. The number of rotatable bonds is 4. The maximum atomic E-state index is 12.1. The highest BCUT2D eigenvalue weighted by Crippen LogP contribution is 2.36. The molecule has 3 aromatic heterocycles. The van der Waals surface area contributed by atoms with E-state index in [4.69, 9.17) is 14.7 Å². The van der Waals surface area contributed by atoms with Crippen molar-refractivity contribution in [2.75, 3.05) is 7.11 Å². The Morgan fingerprint density at radius 2 is 1.09 bits per heavy atom. The first-order chi connectivity index (χ1) is 21.8. The van der Waals surface area contributed by atoms with Crippen molar-refractivity contribution in [2.24, 2.45) is 0 Å². The summed E-state index contributed by atoms with van der Waals surface area (Å²) in [6.45, 7) is 0. The van der Waals surface area contributed by atoms with Gasteiger partial charge in [-0.25, -0.2) is 14.8 Å². The number of hydrogen-bond acceptors (Lipinski definition) is 6. The minimum Gasteiger partial charge on any atom is -0.465 e. The van der Waals surface area contributed by atoms with Crippen molar-refractivity contribution < 1.29 is 14.5 Å². The number of halogens is 2. The number of non-ortho nitro benzene ring substituents is 1. The van der Waals surface area contributed by atoms with Gasteiger partial charge >= 0.3 is 5.97 Å². The Kier molecular flexibility index (Phi) is 7.26. The van der Waals surface area contributed by atoms with Gasteiger partial charge in [-0.05, 0) is 116 Å². The van der Waals surface area contributed by atoms with Gasteiger partial charge in [-0.1, -0.05) is 12.1 Å². The van der Waals surface area contributed by atoms with E-state index in [1.54, 1.807) is 24.3 Å². The van der Waals surface area contributed by atoms with Crippen LogP contribution in [0.15, 0.2) is 81.7 Å². The van der Waals surface area contributed by atoms with E-state index in [1.165, 1.54) is 19.2 Å². The summed E-state index contributed by atoms with van der Waals surface area (Å²) in [6.07, 6.45) is 7.76. The second kappa shape index (κ2) is 11.4. The number of nitro benzene ring substituents is 1. The van der Waals surface area contributed by atoms with Gasteiger partial charge in [0.2, 0.25) is 0 Å². The zero-order chi connectivity index (χ0) is 31.2. The molecule has 8 bridgehead atoms. The molecular formula is C34H21Br2N5O4. The number of ether oxygens (including phenoxy) is 1. The summed E-state index contributed by atoms with van der Waals surface area (Å²) in [5, 5.41) is 11.3. The molecule has 2 aromatic carbocycles. The molecule has 0 atom stereocenters. The smallest absolute Gasteiger partial charge is 0.337 e. The number of hydrogen-bond donors (Lipinski definition) is 2. The zero-order valence-electron chi connectivity index (χ0n) is 23.5. The summed E-state index contributed by atoms with van der Waals surface area (Å²) in [5.41, 5.74) is 9.86. The second-order valence-electron chi connectivity index (χ2n) is 10.3. The summed E-state index contributed by atoms with van der Waals surface area (Å²) in [5.74, 6) is -0.404. The third kappa shape index (κ3) is 5.19. The predicted octanol–water partition coefficient (Wildman–Crippen LogP) is 9.21. The Balaban J connectivity index is 1.54. The first-order valence-electron chi connectivity index (χ1n) is 13.7.